The van der Waals surface area contributed by atoms with E-state index in [0.717, 1.165) is 43.0 Å². The highest BCUT2D eigenvalue weighted by Crippen LogP contribution is 2.42. The van der Waals surface area contributed by atoms with Crippen LogP contribution in [0.5, 0.6) is 0 Å². The molecule has 5 rings (SSSR count). The number of piperidine rings is 1. The van der Waals surface area contributed by atoms with Crippen molar-refractivity contribution in [2.24, 2.45) is 5.92 Å². The summed E-state index contributed by atoms with van der Waals surface area (Å²) in [6.45, 7) is 7.34. The van der Waals surface area contributed by atoms with Crippen molar-refractivity contribution in [2.45, 2.75) is 115 Å². The fraction of sp³-hybridized carbons (Fsp3) is 0.690. The molecule has 42 heavy (non-hydrogen) atoms. The van der Waals surface area contributed by atoms with Gasteiger partial charge >= 0.3 is 0 Å². The van der Waals surface area contributed by atoms with E-state index in [1.54, 1.807) is 0 Å². The number of carbonyl (C=O) groups is 1. The maximum atomic E-state index is 13.6. The van der Waals surface area contributed by atoms with Crippen LogP contribution in [0.4, 0.5) is 8.78 Å². The molecule has 0 radical (unpaired) electrons. The van der Waals surface area contributed by atoms with E-state index in [1.807, 2.05) is 18.2 Å². The number of fused-ring (bicyclic) bond motifs is 2. The van der Waals surface area contributed by atoms with Gasteiger partial charge in [0, 0.05) is 49.3 Å². The maximum Gasteiger partial charge on any atom is 0.248 e. The first kappa shape index (κ1) is 32.7. The summed E-state index contributed by atoms with van der Waals surface area (Å²) in [4.78, 5) is 41.4. The van der Waals surface area contributed by atoms with Crippen molar-refractivity contribution in [3.63, 3.8) is 0 Å². The molecule has 2 aromatic rings. The molecule has 3 heterocycles. The normalized spacial score (nSPS) is 25.1. The lowest BCUT2D eigenvalue weighted by molar-refractivity contribution is -0.432. The second kappa shape index (κ2) is 13.6. The van der Waals surface area contributed by atoms with Gasteiger partial charge in [0.05, 0.1) is 6.04 Å². The Morgan fingerprint density at radius 3 is 2.14 bits per heavy atom. The topological polar surface area (TPSA) is 149 Å². The molecule has 1 saturated carbocycles. The number of amides is 1. The quantitative estimate of drug-likeness (QED) is 0.450. The van der Waals surface area contributed by atoms with E-state index in [2.05, 4.69) is 57.9 Å². The van der Waals surface area contributed by atoms with E-state index in [4.69, 9.17) is 19.2 Å². The second-order valence-corrected chi connectivity index (χ2v) is 13.1. The summed E-state index contributed by atoms with van der Waals surface area (Å²) in [7, 11) is -5.39. The second-order valence-electron chi connectivity index (χ2n) is 12.2. The first-order valence-corrected chi connectivity index (χ1v) is 16.3. The summed E-state index contributed by atoms with van der Waals surface area (Å²) in [5.41, 5.74) is 1.08. The van der Waals surface area contributed by atoms with Gasteiger partial charge in [0.2, 0.25) is 11.8 Å². The highest BCUT2D eigenvalue weighted by molar-refractivity contribution is 7.40. The third-order valence-electron chi connectivity index (χ3n) is 8.92. The van der Waals surface area contributed by atoms with Crippen molar-refractivity contribution in [3.05, 3.63) is 47.5 Å². The lowest BCUT2D eigenvalue weighted by atomic mass is 9.86. The molecule has 4 atom stereocenters. The van der Waals surface area contributed by atoms with Crippen LogP contribution in [0.3, 0.4) is 0 Å². The van der Waals surface area contributed by atoms with Crippen LogP contribution in [0.1, 0.15) is 107 Å². The Labute approximate surface area is 246 Å². The number of nitrogens with zero attached hydrogens (tertiary/aromatic N) is 4. The van der Waals surface area contributed by atoms with Crippen LogP contribution >= 0.6 is 7.82 Å². The lowest BCUT2D eigenvalue weighted by Crippen LogP contribution is -2.45. The largest absolute Gasteiger partial charge is 0.822 e. The zero-order valence-electron chi connectivity index (χ0n) is 24.5. The van der Waals surface area contributed by atoms with Crippen molar-refractivity contribution < 1.29 is 32.8 Å². The Hall–Kier alpha value is -2.24. The standard InChI is InChI=1S/C29H41F2N5O.H3O4P/c1-19(2)27-34-33-20(3)36(27)25-17-23-9-10-24(18-25)35(23)16-13-26(21-7-5-4-6-8-21)32-28(37)22-11-14-29(30,31)15-12-22;1-5(2,3)4/h4-8,19,22-26H,9-18H2,1-3H3,(H,32,37);(H3,1,2,3,4)/p-3/t23-,24+,25?,26-;/m0./s1. The summed E-state index contributed by atoms with van der Waals surface area (Å²) in [5.74, 6) is -0.572. The molecule has 1 aromatic carbocycles. The van der Waals surface area contributed by atoms with Crippen LogP contribution in [0.2, 0.25) is 0 Å². The minimum Gasteiger partial charge on any atom is -0.822 e. The van der Waals surface area contributed by atoms with Crippen LogP contribution in [0.25, 0.3) is 0 Å². The minimum atomic E-state index is -5.39. The molecule has 0 spiro atoms. The maximum absolute atomic E-state index is 13.6. The highest BCUT2D eigenvalue weighted by Gasteiger charge is 2.42. The molecule has 1 amide bonds. The number of halogens is 2. The van der Waals surface area contributed by atoms with Crippen molar-refractivity contribution in [1.82, 2.24) is 25.0 Å². The molecule has 1 unspecified atom stereocenters. The van der Waals surface area contributed by atoms with Gasteiger partial charge in [-0.3, -0.25) is 9.69 Å². The number of carbonyl (C=O) groups excluding carboxylic acids is 1. The predicted octanol–water partition coefficient (Wildman–Crippen LogP) is 3.13. The Bertz CT molecular complexity index is 1210. The molecule has 1 aromatic heterocycles. The summed E-state index contributed by atoms with van der Waals surface area (Å²) in [5, 5.41) is 12.1. The molecule has 234 valence electrons. The van der Waals surface area contributed by atoms with Crippen molar-refractivity contribution in [1.29, 1.82) is 0 Å². The fourth-order valence-electron chi connectivity index (χ4n) is 6.93. The molecule has 3 fully saturated rings. The minimum absolute atomic E-state index is 0.0738. The molecular weight excluding hydrogens is 567 g/mol. The van der Waals surface area contributed by atoms with Gasteiger partial charge in [-0.25, -0.2) is 8.78 Å². The number of hydrogen-bond acceptors (Lipinski definition) is 8. The van der Waals surface area contributed by atoms with Gasteiger partial charge in [0.15, 0.2) is 0 Å². The predicted molar refractivity (Wildman–Crippen MR) is 147 cm³/mol. The van der Waals surface area contributed by atoms with Crippen molar-refractivity contribution in [2.75, 3.05) is 6.54 Å². The van der Waals surface area contributed by atoms with E-state index in [0.29, 0.717) is 24.0 Å². The van der Waals surface area contributed by atoms with Crippen LogP contribution < -0.4 is 20.0 Å². The third kappa shape index (κ3) is 8.66. The molecule has 2 aliphatic heterocycles. The molecular formula is C29H41F2N5O5P-3. The first-order chi connectivity index (χ1) is 19.7. The van der Waals surface area contributed by atoms with Crippen LogP contribution in [-0.2, 0) is 9.36 Å². The average Bonchev–Trinajstić information content (AvgIpc) is 3.41. The van der Waals surface area contributed by atoms with E-state index < -0.39 is 13.7 Å². The van der Waals surface area contributed by atoms with Gasteiger partial charge in [-0.2, -0.15) is 7.82 Å². The number of hydrogen-bond donors (Lipinski definition) is 1. The fourth-order valence-corrected chi connectivity index (χ4v) is 6.93. The smallest absolute Gasteiger partial charge is 0.248 e. The van der Waals surface area contributed by atoms with E-state index in [1.165, 1.54) is 12.8 Å². The summed E-state index contributed by atoms with van der Waals surface area (Å²) >= 11 is 0. The number of alkyl halides is 2. The average molecular weight is 609 g/mol. The third-order valence-corrected chi connectivity index (χ3v) is 8.92. The lowest BCUT2D eigenvalue weighted by Gasteiger charge is -2.40. The number of benzene rings is 1. The monoisotopic (exact) mass is 608 g/mol. The molecule has 13 heteroatoms. The molecule has 3 aliphatic rings. The number of aromatic nitrogens is 3. The summed E-state index contributed by atoms with van der Waals surface area (Å²) in [6, 6.07) is 11.5. The zero-order chi connectivity index (χ0) is 30.7. The van der Waals surface area contributed by atoms with Crippen LogP contribution in [-0.4, -0.2) is 50.1 Å². The van der Waals surface area contributed by atoms with Crippen molar-refractivity contribution in [3.8, 4) is 0 Å². The van der Waals surface area contributed by atoms with E-state index >= 15 is 0 Å². The summed E-state index contributed by atoms with van der Waals surface area (Å²) < 4.78 is 38.2. The Morgan fingerprint density at radius 2 is 1.60 bits per heavy atom. The van der Waals surface area contributed by atoms with Crippen molar-refractivity contribution >= 4 is 13.7 Å². The summed E-state index contributed by atoms with van der Waals surface area (Å²) in [6.07, 6.45) is 5.59. The zero-order valence-corrected chi connectivity index (χ0v) is 25.3. The number of nitrogens with one attached hydrogen (secondary N) is 1. The van der Waals surface area contributed by atoms with Gasteiger partial charge in [0.25, 0.3) is 0 Å². The molecule has 10 nitrogen and oxygen atoms in total. The van der Waals surface area contributed by atoms with Crippen LogP contribution in [0, 0.1) is 12.8 Å². The number of phosphoric acid groups is 1. The Balaban J connectivity index is 0.000000748. The molecule has 1 aliphatic carbocycles. The Kier molecular flexibility index (Phi) is 10.6. The SMILES string of the molecule is Cc1nnc(C(C)C)n1C1C[C@H]2CC[C@@H](C1)N2CC[C@H](NC(=O)C1CCC(F)(F)CC1)c1ccccc1.O=P([O-])([O-])[O-]. The van der Waals surface area contributed by atoms with E-state index in [-0.39, 0.29) is 43.6 Å². The van der Waals surface area contributed by atoms with Gasteiger partial charge in [0.1, 0.15) is 11.6 Å². The van der Waals surface area contributed by atoms with Gasteiger partial charge in [-0.1, -0.05) is 44.2 Å². The van der Waals surface area contributed by atoms with Gasteiger partial charge < -0.3 is 29.1 Å². The number of rotatable bonds is 8. The molecule has 1 N–H and O–H groups in total. The Morgan fingerprint density at radius 1 is 1.02 bits per heavy atom. The van der Waals surface area contributed by atoms with Gasteiger partial charge in [-0.05, 0) is 57.4 Å². The molecule has 2 bridgehead atoms. The van der Waals surface area contributed by atoms with E-state index in [9.17, 15) is 13.6 Å². The first-order valence-electron chi connectivity index (χ1n) is 14.8. The highest BCUT2D eigenvalue weighted by atomic mass is 31.2. The van der Waals surface area contributed by atoms with Crippen LogP contribution in [0.15, 0.2) is 30.3 Å². The number of aryl methyl sites for hydroxylation is 1. The molecule has 2 saturated heterocycles. The van der Waals surface area contributed by atoms with Gasteiger partial charge in [-0.15, -0.1) is 10.2 Å².